The molecule has 0 amide bonds. The third-order valence-corrected chi connectivity index (χ3v) is 6.81. The summed E-state index contributed by atoms with van der Waals surface area (Å²) in [5.41, 5.74) is 2.40. The maximum Gasteiger partial charge on any atom is 0.170 e. The molecule has 164 valence electrons. The minimum atomic E-state index is 0.705. The summed E-state index contributed by atoms with van der Waals surface area (Å²) in [5, 5.41) is 8.56. The van der Waals surface area contributed by atoms with Gasteiger partial charge in [0.2, 0.25) is 0 Å². The van der Waals surface area contributed by atoms with Crippen LogP contribution in [-0.4, -0.2) is 53.7 Å². The largest absolute Gasteiger partial charge is 0.362 e. The Morgan fingerprint density at radius 3 is 2.77 bits per heavy atom. The topological polar surface area (TPSA) is 43.4 Å². The van der Waals surface area contributed by atoms with Crippen LogP contribution in [0.2, 0.25) is 0 Å². The molecule has 0 saturated carbocycles. The van der Waals surface area contributed by atoms with Crippen LogP contribution in [0.4, 0.5) is 11.5 Å². The number of nitrogens with zero attached hydrogens (tertiary/aromatic N) is 3. The van der Waals surface area contributed by atoms with E-state index >= 15 is 0 Å². The summed E-state index contributed by atoms with van der Waals surface area (Å²) in [5.74, 6) is 1.16. The summed E-state index contributed by atoms with van der Waals surface area (Å²) in [7, 11) is 0. The fraction of sp³-hybridized carbons (Fsp3) is 0.417. The fourth-order valence-corrected chi connectivity index (χ4v) is 4.95. The summed E-state index contributed by atoms with van der Waals surface area (Å²) >= 11 is 7.00. The summed E-state index contributed by atoms with van der Waals surface area (Å²) in [6, 6.07) is 17.1. The lowest BCUT2D eigenvalue weighted by molar-refractivity contribution is 0.261. The number of benzene rings is 2. The Hall–Kier alpha value is -2.22. The molecule has 2 N–H and O–H groups in total. The molecule has 3 aromatic rings. The maximum absolute atomic E-state index is 5.39. The maximum atomic E-state index is 5.39. The summed E-state index contributed by atoms with van der Waals surface area (Å²) in [4.78, 5) is 4.99. The molecule has 7 heteroatoms. The highest BCUT2D eigenvalue weighted by molar-refractivity contribution is 7.80. The van der Waals surface area contributed by atoms with E-state index < -0.39 is 0 Å². The first kappa shape index (κ1) is 22.0. The van der Waals surface area contributed by atoms with Gasteiger partial charge in [-0.2, -0.15) is 4.37 Å². The van der Waals surface area contributed by atoms with Crippen molar-refractivity contribution in [3.05, 3.63) is 54.1 Å². The van der Waals surface area contributed by atoms with Gasteiger partial charge in [0.25, 0.3) is 0 Å². The zero-order chi connectivity index (χ0) is 21.5. The van der Waals surface area contributed by atoms with Crippen LogP contribution in [0, 0.1) is 0 Å². The molecule has 0 unspecified atom stereocenters. The van der Waals surface area contributed by atoms with Gasteiger partial charge in [-0.15, -0.1) is 0 Å². The van der Waals surface area contributed by atoms with Crippen LogP contribution in [0.5, 0.6) is 0 Å². The Kier molecular flexibility index (Phi) is 7.72. The van der Waals surface area contributed by atoms with E-state index in [9.17, 15) is 0 Å². The fourth-order valence-electron chi connectivity index (χ4n) is 3.93. The van der Waals surface area contributed by atoms with Crippen molar-refractivity contribution >= 4 is 50.5 Å². The van der Waals surface area contributed by atoms with Gasteiger partial charge in [-0.3, -0.25) is 4.90 Å². The van der Waals surface area contributed by atoms with Gasteiger partial charge < -0.3 is 15.5 Å². The first-order valence-corrected chi connectivity index (χ1v) is 12.4. The number of anilines is 2. The molecule has 0 bridgehead atoms. The van der Waals surface area contributed by atoms with E-state index in [2.05, 4.69) is 75.9 Å². The van der Waals surface area contributed by atoms with Crippen molar-refractivity contribution in [2.75, 3.05) is 49.5 Å². The molecular formula is C24H31N5S2. The molecule has 1 aliphatic heterocycles. The smallest absolute Gasteiger partial charge is 0.170 e. The van der Waals surface area contributed by atoms with Crippen LogP contribution in [0.25, 0.3) is 10.1 Å². The number of nitrogens with one attached hydrogen (secondary N) is 2. The van der Waals surface area contributed by atoms with Crippen LogP contribution in [0.1, 0.15) is 25.3 Å². The standard InChI is InChI=1S/C24H31N5S2/c1-2-3-12-25-24(30)26-20-8-6-7-19(18-20)11-13-28-14-16-29(17-15-28)23-21-9-4-5-10-22(21)31-27-23/h4-10,18H,2-3,11-17H2,1H3,(H2,25,26,30). The molecule has 0 atom stereocenters. The van der Waals surface area contributed by atoms with Crippen molar-refractivity contribution in [2.45, 2.75) is 26.2 Å². The van der Waals surface area contributed by atoms with Crippen molar-refractivity contribution in [3.63, 3.8) is 0 Å². The number of unbranched alkanes of at least 4 members (excludes halogenated alkanes) is 1. The van der Waals surface area contributed by atoms with Gasteiger partial charge in [0, 0.05) is 50.3 Å². The van der Waals surface area contributed by atoms with Crippen LogP contribution in [0.3, 0.4) is 0 Å². The van der Waals surface area contributed by atoms with Crippen LogP contribution < -0.4 is 15.5 Å². The number of rotatable bonds is 8. The molecule has 31 heavy (non-hydrogen) atoms. The van der Waals surface area contributed by atoms with E-state index in [0.29, 0.717) is 5.11 Å². The second kappa shape index (κ2) is 10.9. The molecule has 0 aliphatic carbocycles. The zero-order valence-corrected chi connectivity index (χ0v) is 19.8. The number of fused-ring (bicyclic) bond motifs is 1. The number of aromatic nitrogens is 1. The van der Waals surface area contributed by atoms with E-state index in [1.807, 2.05) is 0 Å². The van der Waals surface area contributed by atoms with Gasteiger partial charge in [-0.05, 0) is 66.4 Å². The lowest BCUT2D eigenvalue weighted by Gasteiger charge is -2.35. The minimum absolute atomic E-state index is 0.705. The van der Waals surface area contributed by atoms with Gasteiger partial charge in [-0.1, -0.05) is 37.6 Å². The van der Waals surface area contributed by atoms with E-state index in [1.165, 1.54) is 22.1 Å². The Labute approximate surface area is 194 Å². The predicted molar refractivity (Wildman–Crippen MR) is 138 cm³/mol. The molecule has 0 radical (unpaired) electrons. The average Bonchev–Trinajstić information content (AvgIpc) is 3.23. The number of piperazine rings is 1. The molecule has 0 spiro atoms. The third-order valence-electron chi connectivity index (χ3n) is 5.75. The highest BCUT2D eigenvalue weighted by atomic mass is 32.1. The van der Waals surface area contributed by atoms with Gasteiger partial charge >= 0.3 is 0 Å². The highest BCUT2D eigenvalue weighted by Gasteiger charge is 2.20. The monoisotopic (exact) mass is 453 g/mol. The molecular weight excluding hydrogens is 422 g/mol. The summed E-state index contributed by atoms with van der Waals surface area (Å²) in [6.07, 6.45) is 3.35. The second-order valence-corrected chi connectivity index (χ2v) is 9.23. The third kappa shape index (κ3) is 5.93. The SMILES string of the molecule is CCCCNC(=S)Nc1cccc(CCN2CCN(c3nsc4ccccc34)CC2)c1. The number of hydrogen-bond acceptors (Lipinski definition) is 5. The van der Waals surface area contributed by atoms with E-state index in [1.54, 1.807) is 11.5 Å². The summed E-state index contributed by atoms with van der Waals surface area (Å²) in [6.45, 7) is 8.41. The van der Waals surface area contributed by atoms with Crippen molar-refractivity contribution in [1.29, 1.82) is 0 Å². The second-order valence-electron chi connectivity index (χ2n) is 8.02. The van der Waals surface area contributed by atoms with Crippen molar-refractivity contribution in [3.8, 4) is 0 Å². The Bertz CT molecular complexity index is 994. The van der Waals surface area contributed by atoms with E-state index in [-0.39, 0.29) is 0 Å². The normalized spacial score (nSPS) is 14.7. The average molecular weight is 454 g/mol. The quantitative estimate of drug-likeness (QED) is 0.379. The first-order valence-electron chi connectivity index (χ1n) is 11.2. The lowest BCUT2D eigenvalue weighted by atomic mass is 10.1. The molecule has 2 heterocycles. The number of hydrogen-bond donors (Lipinski definition) is 2. The first-order chi connectivity index (χ1) is 15.2. The number of thiocarbonyl (C=S) groups is 1. The molecule has 2 aromatic carbocycles. The van der Waals surface area contributed by atoms with E-state index in [4.69, 9.17) is 16.6 Å². The molecule has 1 fully saturated rings. The minimum Gasteiger partial charge on any atom is -0.362 e. The van der Waals surface area contributed by atoms with Crippen molar-refractivity contribution in [2.24, 2.45) is 0 Å². The Morgan fingerprint density at radius 2 is 1.94 bits per heavy atom. The van der Waals surface area contributed by atoms with Gasteiger partial charge in [0.15, 0.2) is 5.11 Å². The Balaban J connectivity index is 1.25. The molecule has 1 saturated heterocycles. The predicted octanol–water partition coefficient (Wildman–Crippen LogP) is 4.75. The molecule has 1 aromatic heterocycles. The van der Waals surface area contributed by atoms with Gasteiger partial charge in [0.05, 0.1) is 4.70 Å². The van der Waals surface area contributed by atoms with Crippen LogP contribution in [-0.2, 0) is 6.42 Å². The van der Waals surface area contributed by atoms with E-state index in [0.717, 1.165) is 63.6 Å². The van der Waals surface area contributed by atoms with Crippen molar-refractivity contribution < 1.29 is 0 Å². The summed E-state index contributed by atoms with van der Waals surface area (Å²) < 4.78 is 5.99. The van der Waals surface area contributed by atoms with Crippen LogP contribution in [0.15, 0.2) is 48.5 Å². The van der Waals surface area contributed by atoms with Crippen molar-refractivity contribution in [1.82, 2.24) is 14.6 Å². The van der Waals surface area contributed by atoms with Gasteiger partial charge in [0.1, 0.15) is 5.82 Å². The lowest BCUT2D eigenvalue weighted by Crippen LogP contribution is -2.47. The Morgan fingerprint density at radius 1 is 1.10 bits per heavy atom. The molecule has 4 rings (SSSR count). The van der Waals surface area contributed by atoms with Gasteiger partial charge in [-0.25, -0.2) is 0 Å². The molecule has 5 nitrogen and oxygen atoms in total. The van der Waals surface area contributed by atoms with Crippen LogP contribution >= 0.6 is 23.8 Å². The molecule has 1 aliphatic rings. The zero-order valence-electron chi connectivity index (χ0n) is 18.1. The highest BCUT2D eigenvalue weighted by Crippen LogP contribution is 2.29.